The first-order chi connectivity index (χ1) is 11.1. The number of amides is 1. The summed E-state index contributed by atoms with van der Waals surface area (Å²) in [4.78, 5) is 13.7. The van der Waals surface area contributed by atoms with Crippen LogP contribution in [-0.2, 0) is 17.8 Å². The fraction of sp³-hybridized carbons (Fsp3) is 0.350. The Balaban J connectivity index is 1.53. The Bertz CT molecular complexity index is 709. The Kier molecular flexibility index (Phi) is 4.77. The highest BCUT2D eigenvalue weighted by atomic mass is 16.1. The van der Waals surface area contributed by atoms with E-state index in [4.69, 9.17) is 0 Å². The van der Waals surface area contributed by atoms with Gasteiger partial charge >= 0.3 is 0 Å². The van der Waals surface area contributed by atoms with Gasteiger partial charge in [-0.1, -0.05) is 36.4 Å². The van der Waals surface area contributed by atoms with Crippen molar-refractivity contribution in [3.63, 3.8) is 0 Å². The molecule has 1 heterocycles. The quantitative estimate of drug-likeness (QED) is 0.892. The maximum atomic E-state index is 12.2. The van der Waals surface area contributed by atoms with Crippen LogP contribution in [0.1, 0.15) is 28.7 Å². The molecule has 0 aromatic heterocycles. The summed E-state index contributed by atoms with van der Waals surface area (Å²) in [6.07, 6.45) is 1.69. The number of anilines is 1. The molecule has 2 aromatic rings. The molecule has 3 heteroatoms. The average Bonchev–Trinajstić information content (AvgIpc) is 2.56. The summed E-state index contributed by atoms with van der Waals surface area (Å²) in [5.41, 5.74) is 6.13. The molecule has 23 heavy (non-hydrogen) atoms. The third-order valence-electron chi connectivity index (χ3n) is 4.68. The Morgan fingerprint density at radius 2 is 1.91 bits per heavy atom. The molecule has 1 amide bonds. The van der Waals surface area contributed by atoms with Crippen molar-refractivity contribution in [2.75, 3.05) is 18.4 Å². The van der Waals surface area contributed by atoms with Crippen molar-refractivity contribution in [2.45, 2.75) is 33.2 Å². The molecular weight excluding hydrogens is 284 g/mol. The Labute approximate surface area is 138 Å². The van der Waals surface area contributed by atoms with Crippen LogP contribution in [0.3, 0.4) is 0 Å². The lowest BCUT2D eigenvalue weighted by Gasteiger charge is -2.25. The summed E-state index contributed by atoms with van der Waals surface area (Å²) in [7, 11) is 0. The molecule has 0 bridgehead atoms. The van der Waals surface area contributed by atoms with E-state index in [2.05, 4.69) is 41.7 Å². The molecule has 1 atom stereocenters. The molecule has 1 aliphatic rings. The molecule has 0 aliphatic carbocycles. The van der Waals surface area contributed by atoms with Crippen molar-refractivity contribution < 1.29 is 9.69 Å². The van der Waals surface area contributed by atoms with Crippen LogP contribution < -0.4 is 10.2 Å². The second-order valence-corrected chi connectivity index (χ2v) is 6.56. The predicted molar refractivity (Wildman–Crippen MR) is 93.7 cm³/mol. The minimum atomic E-state index is 0.116. The maximum absolute atomic E-state index is 12.2. The average molecular weight is 309 g/mol. The van der Waals surface area contributed by atoms with E-state index in [0.29, 0.717) is 6.42 Å². The first-order valence-corrected chi connectivity index (χ1v) is 8.39. The molecule has 120 valence electrons. The number of nitrogens with one attached hydrogen (secondary N) is 2. The monoisotopic (exact) mass is 309 g/mol. The number of carbonyl (C=O) groups excluding carboxylic acids is 1. The summed E-state index contributed by atoms with van der Waals surface area (Å²) in [6, 6.07) is 14.8. The summed E-state index contributed by atoms with van der Waals surface area (Å²) >= 11 is 0. The largest absolute Gasteiger partial charge is 0.330 e. The number of aryl methyl sites for hydroxylation is 2. The van der Waals surface area contributed by atoms with E-state index in [1.165, 1.54) is 21.6 Å². The molecular formula is C20H25N2O+. The van der Waals surface area contributed by atoms with E-state index in [1.54, 1.807) is 0 Å². The number of carbonyl (C=O) groups is 1. The number of benzene rings is 2. The van der Waals surface area contributed by atoms with Gasteiger partial charge in [-0.05, 0) is 36.6 Å². The first kappa shape index (κ1) is 15.8. The minimum Gasteiger partial charge on any atom is -0.330 e. The van der Waals surface area contributed by atoms with Crippen molar-refractivity contribution in [1.29, 1.82) is 0 Å². The van der Waals surface area contributed by atoms with E-state index in [0.717, 1.165) is 37.3 Å². The number of fused-ring (bicyclic) bond motifs is 1. The van der Waals surface area contributed by atoms with Crippen molar-refractivity contribution in [3.8, 4) is 0 Å². The molecule has 2 N–H and O–H groups in total. The molecule has 3 nitrogen and oxygen atoms in total. The van der Waals surface area contributed by atoms with Gasteiger partial charge in [0.2, 0.25) is 5.91 Å². The zero-order chi connectivity index (χ0) is 16.2. The number of rotatable bonds is 4. The van der Waals surface area contributed by atoms with Gasteiger partial charge in [-0.3, -0.25) is 4.79 Å². The van der Waals surface area contributed by atoms with Crippen molar-refractivity contribution in [2.24, 2.45) is 0 Å². The van der Waals surface area contributed by atoms with Crippen LogP contribution in [0.4, 0.5) is 5.69 Å². The van der Waals surface area contributed by atoms with Gasteiger partial charge in [-0.25, -0.2) is 0 Å². The summed E-state index contributed by atoms with van der Waals surface area (Å²) in [5.74, 6) is 0.116. The van der Waals surface area contributed by atoms with E-state index in [1.807, 2.05) is 19.9 Å². The van der Waals surface area contributed by atoms with Crippen LogP contribution in [0.2, 0.25) is 0 Å². The minimum absolute atomic E-state index is 0.116. The smallest absolute Gasteiger partial charge is 0.230 e. The van der Waals surface area contributed by atoms with Gasteiger partial charge in [0, 0.05) is 17.7 Å². The topological polar surface area (TPSA) is 33.5 Å². The van der Waals surface area contributed by atoms with Gasteiger partial charge in [0.1, 0.15) is 6.54 Å². The number of hydrogen-bond acceptors (Lipinski definition) is 1. The molecule has 0 radical (unpaired) electrons. The third-order valence-corrected chi connectivity index (χ3v) is 4.68. The zero-order valence-corrected chi connectivity index (χ0v) is 14.0. The van der Waals surface area contributed by atoms with Crippen LogP contribution >= 0.6 is 0 Å². The Morgan fingerprint density at radius 3 is 2.74 bits per heavy atom. The van der Waals surface area contributed by atoms with Gasteiger partial charge in [-0.15, -0.1) is 0 Å². The molecule has 0 saturated carbocycles. The first-order valence-electron chi connectivity index (χ1n) is 8.39. The lowest BCUT2D eigenvalue weighted by atomic mass is 10.00. The molecule has 0 fully saturated rings. The van der Waals surface area contributed by atoms with Crippen LogP contribution in [0.5, 0.6) is 0 Å². The summed E-state index contributed by atoms with van der Waals surface area (Å²) in [6.45, 7) is 7.12. The third kappa shape index (κ3) is 3.99. The Hall–Kier alpha value is -2.13. The highest BCUT2D eigenvalue weighted by molar-refractivity contribution is 5.91. The molecule has 0 spiro atoms. The fourth-order valence-electron chi connectivity index (χ4n) is 3.23. The summed E-state index contributed by atoms with van der Waals surface area (Å²) < 4.78 is 0. The van der Waals surface area contributed by atoms with E-state index in [9.17, 15) is 4.79 Å². The van der Waals surface area contributed by atoms with Crippen LogP contribution in [0, 0.1) is 13.8 Å². The SMILES string of the molecule is Cc1ccc(C)c(NC(=O)CC[NH+]2CCc3ccccc3C2)c1. The van der Waals surface area contributed by atoms with Gasteiger partial charge in [-0.2, -0.15) is 0 Å². The molecule has 3 rings (SSSR count). The normalized spacial score (nSPS) is 16.7. The van der Waals surface area contributed by atoms with E-state index in [-0.39, 0.29) is 5.91 Å². The maximum Gasteiger partial charge on any atom is 0.230 e. The highest BCUT2D eigenvalue weighted by Crippen LogP contribution is 2.16. The summed E-state index contributed by atoms with van der Waals surface area (Å²) in [5, 5.41) is 3.06. The van der Waals surface area contributed by atoms with Gasteiger partial charge in [0.05, 0.1) is 19.5 Å². The zero-order valence-electron chi connectivity index (χ0n) is 14.0. The predicted octanol–water partition coefficient (Wildman–Crippen LogP) is 2.27. The van der Waals surface area contributed by atoms with Crippen molar-refractivity contribution in [3.05, 3.63) is 64.7 Å². The van der Waals surface area contributed by atoms with Crippen molar-refractivity contribution >= 4 is 11.6 Å². The molecule has 0 saturated heterocycles. The second kappa shape index (κ2) is 6.97. The van der Waals surface area contributed by atoms with Crippen LogP contribution in [0.15, 0.2) is 42.5 Å². The molecule has 1 unspecified atom stereocenters. The number of quaternary nitrogens is 1. The lowest BCUT2D eigenvalue weighted by Crippen LogP contribution is -3.11. The van der Waals surface area contributed by atoms with Gasteiger partial charge in [0.25, 0.3) is 0 Å². The van der Waals surface area contributed by atoms with Gasteiger partial charge < -0.3 is 10.2 Å². The number of hydrogen-bond donors (Lipinski definition) is 2. The molecule has 2 aromatic carbocycles. The van der Waals surface area contributed by atoms with Crippen molar-refractivity contribution in [1.82, 2.24) is 0 Å². The van der Waals surface area contributed by atoms with E-state index >= 15 is 0 Å². The second-order valence-electron chi connectivity index (χ2n) is 6.56. The molecule has 1 aliphatic heterocycles. The van der Waals surface area contributed by atoms with E-state index < -0.39 is 0 Å². The lowest BCUT2D eigenvalue weighted by molar-refractivity contribution is -0.915. The standard InChI is InChI=1S/C20H24N2O/c1-15-7-8-16(2)19(13-15)21-20(23)10-12-22-11-9-17-5-3-4-6-18(17)14-22/h3-8,13H,9-12,14H2,1-2H3,(H,21,23)/p+1. The Morgan fingerprint density at radius 1 is 1.13 bits per heavy atom. The fourth-order valence-corrected chi connectivity index (χ4v) is 3.23. The van der Waals surface area contributed by atoms with Gasteiger partial charge in [0.15, 0.2) is 0 Å². The highest BCUT2D eigenvalue weighted by Gasteiger charge is 2.19. The van der Waals surface area contributed by atoms with Crippen LogP contribution in [-0.4, -0.2) is 19.0 Å². The van der Waals surface area contributed by atoms with Crippen LogP contribution in [0.25, 0.3) is 0 Å².